The first-order valence-corrected chi connectivity index (χ1v) is 5.48. The van der Waals surface area contributed by atoms with E-state index in [1.54, 1.807) is 7.05 Å². The molecule has 17 heavy (non-hydrogen) atoms. The van der Waals surface area contributed by atoms with E-state index in [1.165, 1.54) is 12.1 Å². The predicted molar refractivity (Wildman–Crippen MR) is 66.2 cm³/mol. The van der Waals surface area contributed by atoms with E-state index < -0.39 is 0 Å². The van der Waals surface area contributed by atoms with Crippen molar-refractivity contribution in [1.29, 1.82) is 0 Å². The Morgan fingerprint density at radius 1 is 1.47 bits per heavy atom. The van der Waals surface area contributed by atoms with Crippen LogP contribution in [0.3, 0.4) is 0 Å². The van der Waals surface area contributed by atoms with Gasteiger partial charge in [0, 0.05) is 39.3 Å². The summed E-state index contributed by atoms with van der Waals surface area (Å²) in [6.07, 6.45) is 0.376. The summed E-state index contributed by atoms with van der Waals surface area (Å²) in [7, 11) is 3.41. The molecule has 94 valence electrons. The number of nitrogens with one attached hydrogen (secondary N) is 1. The first-order chi connectivity index (χ1) is 8.06. The van der Waals surface area contributed by atoms with Crippen LogP contribution in [0.15, 0.2) is 18.2 Å². The smallest absolute Gasteiger partial charge is 0.221 e. The quantitative estimate of drug-likeness (QED) is 0.801. The average molecular weight is 239 g/mol. The monoisotopic (exact) mass is 239 g/mol. The number of rotatable bonds is 5. The molecule has 0 fully saturated rings. The summed E-state index contributed by atoms with van der Waals surface area (Å²) in [5.74, 6) is -0.345. The second kappa shape index (κ2) is 6.20. The van der Waals surface area contributed by atoms with Gasteiger partial charge >= 0.3 is 0 Å². The molecular formula is C12H18FN3O. The van der Waals surface area contributed by atoms with Crippen LogP contribution in [-0.4, -0.2) is 26.5 Å². The summed E-state index contributed by atoms with van der Waals surface area (Å²) >= 11 is 0. The Bertz CT molecular complexity index is 395. The lowest BCUT2D eigenvalue weighted by molar-refractivity contribution is -0.120. The van der Waals surface area contributed by atoms with Crippen LogP contribution in [0.25, 0.3) is 0 Å². The lowest BCUT2D eigenvalue weighted by Crippen LogP contribution is -2.26. The number of nitrogens with zero attached hydrogens (tertiary/aromatic N) is 1. The number of hydrogen-bond acceptors (Lipinski definition) is 3. The van der Waals surface area contributed by atoms with Crippen molar-refractivity contribution < 1.29 is 9.18 Å². The minimum absolute atomic E-state index is 0.0349. The summed E-state index contributed by atoms with van der Waals surface area (Å²) < 4.78 is 13.3. The first kappa shape index (κ1) is 13.4. The standard InChI is InChI=1S/C12H18FN3O/c1-15-12(17)3-4-16(2)11-6-9(8-14)5-10(13)7-11/h5-7H,3-4,8,14H2,1-2H3,(H,15,17). The van der Waals surface area contributed by atoms with Crippen molar-refractivity contribution in [2.45, 2.75) is 13.0 Å². The van der Waals surface area contributed by atoms with E-state index in [4.69, 9.17) is 5.73 Å². The molecule has 0 spiro atoms. The zero-order chi connectivity index (χ0) is 12.8. The number of amides is 1. The average Bonchev–Trinajstić information content (AvgIpc) is 2.34. The zero-order valence-corrected chi connectivity index (χ0v) is 10.2. The molecule has 0 saturated carbocycles. The van der Waals surface area contributed by atoms with Gasteiger partial charge < -0.3 is 16.0 Å². The lowest BCUT2D eigenvalue weighted by Gasteiger charge is -2.19. The normalized spacial score (nSPS) is 10.1. The molecule has 0 atom stereocenters. The van der Waals surface area contributed by atoms with Crippen molar-refractivity contribution in [3.8, 4) is 0 Å². The van der Waals surface area contributed by atoms with Crippen LogP contribution < -0.4 is 16.0 Å². The highest BCUT2D eigenvalue weighted by molar-refractivity contribution is 5.76. The zero-order valence-electron chi connectivity index (χ0n) is 10.2. The van der Waals surface area contributed by atoms with Crippen molar-refractivity contribution >= 4 is 11.6 Å². The van der Waals surface area contributed by atoms with Gasteiger partial charge in [0.05, 0.1) is 0 Å². The van der Waals surface area contributed by atoms with Crippen molar-refractivity contribution in [1.82, 2.24) is 5.32 Å². The highest BCUT2D eigenvalue weighted by atomic mass is 19.1. The van der Waals surface area contributed by atoms with Crippen LogP contribution in [0, 0.1) is 5.82 Å². The summed E-state index contributed by atoms with van der Waals surface area (Å²) in [5, 5.41) is 2.55. The van der Waals surface area contributed by atoms with Crippen molar-refractivity contribution in [3.05, 3.63) is 29.6 Å². The van der Waals surface area contributed by atoms with E-state index >= 15 is 0 Å². The summed E-state index contributed by atoms with van der Waals surface area (Å²) in [4.78, 5) is 12.9. The molecule has 0 aromatic heterocycles. The van der Waals surface area contributed by atoms with Crippen molar-refractivity contribution in [2.24, 2.45) is 5.73 Å². The van der Waals surface area contributed by atoms with Crippen molar-refractivity contribution in [2.75, 3.05) is 25.5 Å². The molecule has 0 unspecified atom stereocenters. The maximum Gasteiger partial charge on any atom is 0.221 e. The molecule has 1 aromatic rings. The van der Waals surface area contributed by atoms with Crippen LogP contribution in [0.2, 0.25) is 0 Å². The molecule has 0 aliphatic carbocycles. The molecule has 5 heteroatoms. The molecule has 0 heterocycles. The molecule has 0 saturated heterocycles. The third-order valence-corrected chi connectivity index (χ3v) is 2.57. The van der Waals surface area contributed by atoms with Crippen LogP contribution in [0.1, 0.15) is 12.0 Å². The molecule has 1 amide bonds. The minimum Gasteiger partial charge on any atom is -0.374 e. The largest absolute Gasteiger partial charge is 0.374 e. The predicted octanol–water partition coefficient (Wildman–Crippen LogP) is 0.857. The number of carbonyl (C=O) groups is 1. The fourth-order valence-corrected chi connectivity index (χ4v) is 1.49. The molecule has 1 rings (SSSR count). The fourth-order valence-electron chi connectivity index (χ4n) is 1.49. The SMILES string of the molecule is CNC(=O)CCN(C)c1cc(F)cc(CN)c1. The second-order valence-corrected chi connectivity index (χ2v) is 3.87. The van der Waals surface area contributed by atoms with E-state index in [1.807, 2.05) is 18.0 Å². The Morgan fingerprint density at radius 3 is 2.76 bits per heavy atom. The molecule has 4 nitrogen and oxygen atoms in total. The van der Waals surface area contributed by atoms with Crippen molar-refractivity contribution in [3.63, 3.8) is 0 Å². The molecule has 0 aliphatic heterocycles. The molecular weight excluding hydrogens is 221 g/mol. The van der Waals surface area contributed by atoms with Crippen LogP contribution in [0.5, 0.6) is 0 Å². The highest BCUT2D eigenvalue weighted by Crippen LogP contribution is 2.17. The third-order valence-electron chi connectivity index (χ3n) is 2.57. The first-order valence-electron chi connectivity index (χ1n) is 5.48. The van der Waals surface area contributed by atoms with E-state index in [9.17, 15) is 9.18 Å². The van der Waals surface area contributed by atoms with Gasteiger partial charge in [-0.3, -0.25) is 4.79 Å². The molecule has 0 radical (unpaired) electrons. The third kappa shape index (κ3) is 4.03. The van der Waals surface area contributed by atoms with Crippen LogP contribution >= 0.6 is 0 Å². The maximum atomic E-state index is 13.3. The Labute approximate surface area is 101 Å². The second-order valence-electron chi connectivity index (χ2n) is 3.87. The molecule has 0 aliphatic rings. The highest BCUT2D eigenvalue weighted by Gasteiger charge is 2.06. The van der Waals surface area contributed by atoms with Gasteiger partial charge in [-0.25, -0.2) is 4.39 Å². The minimum atomic E-state index is -0.310. The molecule has 0 bridgehead atoms. The number of benzene rings is 1. The van der Waals surface area contributed by atoms with E-state index in [0.29, 0.717) is 19.5 Å². The van der Waals surface area contributed by atoms with E-state index in [0.717, 1.165) is 11.3 Å². The Morgan fingerprint density at radius 2 is 2.18 bits per heavy atom. The fraction of sp³-hybridized carbons (Fsp3) is 0.417. The number of carbonyl (C=O) groups excluding carboxylic acids is 1. The van der Waals surface area contributed by atoms with Gasteiger partial charge in [-0.2, -0.15) is 0 Å². The summed E-state index contributed by atoms with van der Waals surface area (Å²) in [6, 6.07) is 4.67. The van der Waals surface area contributed by atoms with Gasteiger partial charge in [-0.05, 0) is 23.8 Å². The van der Waals surface area contributed by atoms with Gasteiger partial charge in [-0.15, -0.1) is 0 Å². The van der Waals surface area contributed by atoms with Gasteiger partial charge in [-0.1, -0.05) is 0 Å². The maximum absolute atomic E-state index is 13.3. The van der Waals surface area contributed by atoms with Gasteiger partial charge in [0.15, 0.2) is 0 Å². The molecule has 3 N–H and O–H groups in total. The Hall–Kier alpha value is -1.62. The van der Waals surface area contributed by atoms with E-state index in [2.05, 4.69) is 5.32 Å². The van der Waals surface area contributed by atoms with Gasteiger partial charge in [0.1, 0.15) is 5.82 Å². The number of nitrogens with two attached hydrogens (primary N) is 1. The number of anilines is 1. The van der Waals surface area contributed by atoms with Crippen LogP contribution in [-0.2, 0) is 11.3 Å². The topological polar surface area (TPSA) is 58.4 Å². The Balaban J connectivity index is 2.71. The Kier molecular flexibility index (Phi) is 4.90. The van der Waals surface area contributed by atoms with Gasteiger partial charge in [0.2, 0.25) is 5.91 Å². The van der Waals surface area contributed by atoms with E-state index in [-0.39, 0.29) is 11.7 Å². The number of hydrogen-bond donors (Lipinski definition) is 2. The summed E-state index contributed by atoms with van der Waals surface area (Å²) in [5.41, 5.74) is 6.96. The molecule has 1 aromatic carbocycles. The lowest BCUT2D eigenvalue weighted by atomic mass is 10.2. The van der Waals surface area contributed by atoms with Crippen LogP contribution in [0.4, 0.5) is 10.1 Å². The van der Waals surface area contributed by atoms with Gasteiger partial charge in [0.25, 0.3) is 0 Å². The summed E-state index contributed by atoms with van der Waals surface area (Å²) in [6.45, 7) is 0.835. The number of halogens is 1.